The van der Waals surface area contributed by atoms with Crippen LogP contribution in [0.2, 0.25) is 0 Å². The third-order valence-electron chi connectivity index (χ3n) is 2.90. The van der Waals surface area contributed by atoms with Gasteiger partial charge in [-0.1, -0.05) is 31.5 Å². The van der Waals surface area contributed by atoms with Crippen LogP contribution in [0, 0.1) is 18.7 Å². The zero-order valence-electron chi connectivity index (χ0n) is 9.26. The van der Waals surface area contributed by atoms with Crippen LogP contribution in [0.3, 0.4) is 0 Å². The van der Waals surface area contributed by atoms with Crippen LogP contribution in [-0.2, 0) is 5.54 Å². The van der Waals surface area contributed by atoms with Crippen LogP contribution >= 0.6 is 0 Å². The Morgan fingerprint density at radius 1 is 1.36 bits per heavy atom. The molecule has 78 valence electrons. The summed E-state index contributed by atoms with van der Waals surface area (Å²) in [6, 6.07) is 5.07. The molecule has 0 aliphatic heterocycles. The monoisotopic (exact) mass is 195 g/mol. The molecule has 1 aromatic rings. The number of hydrogen-bond acceptors (Lipinski definition) is 1. The Kier molecular flexibility index (Phi) is 2.95. The van der Waals surface area contributed by atoms with Gasteiger partial charge in [-0.25, -0.2) is 4.39 Å². The van der Waals surface area contributed by atoms with Crippen molar-refractivity contribution in [3.05, 3.63) is 35.1 Å². The number of hydrogen-bond donors (Lipinski definition) is 1. The van der Waals surface area contributed by atoms with Crippen molar-refractivity contribution in [2.75, 3.05) is 0 Å². The number of benzene rings is 1. The number of halogens is 1. The van der Waals surface area contributed by atoms with Crippen molar-refractivity contribution < 1.29 is 4.39 Å². The molecule has 0 aliphatic rings. The Hall–Kier alpha value is -0.890. The first kappa shape index (κ1) is 11.2. The van der Waals surface area contributed by atoms with Crippen LogP contribution in [0.1, 0.15) is 31.9 Å². The molecule has 1 nitrogen and oxygen atoms in total. The largest absolute Gasteiger partial charge is 0.321 e. The van der Waals surface area contributed by atoms with E-state index in [2.05, 4.69) is 0 Å². The molecule has 0 amide bonds. The lowest BCUT2D eigenvalue weighted by Gasteiger charge is -2.30. The molecule has 2 N–H and O–H groups in total. The summed E-state index contributed by atoms with van der Waals surface area (Å²) in [5.41, 5.74) is 7.15. The first-order valence-corrected chi connectivity index (χ1v) is 4.91. The Labute approximate surface area is 85.1 Å². The number of aryl methyl sites for hydroxylation is 1. The van der Waals surface area contributed by atoms with Gasteiger partial charge in [0.25, 0.3) is 0 Å². The number of rotatable bonds is 2. The van der Waals surface area contributed by atoms with Gasteiger partial charge in [-0.2, -0.15) is 0 Å². The van der Waals surface area contributed by atoms with E-state index in [1.165, 1.54) is 6.07 Å². The first-order valence-electron chi connectivity index (χ1n) is 4.91. The third kappa shape index (κ3) is 1.95. The Morgan fingerprint density at radius 3 is 2.43 bits per heavy atom. The van der Waals surface area contributed by atoms with E-state index in [9.17, 15) is 4.39 Å². The van der Waals surface area contributed by atoms with E-state index in [4.69, 9.17) is 5.73 Å². The Bertz CT molecular complexity index is 329. The quantitative estimate of drug-likeness (QED) is 0.771. The normalized spacial score (nSPS) is 15.6. The minimum Gasteiger partial charge on any atom is -0.321 e. The van der Waals surface area contributed by atoms with E-state index in [0.717, 1.165) is 5.56 Å². The van der Waals surface area contributed by atoms with Crippen molar-refractivity contribution in [1.29, 1.82) is 0 Å². The summed E-state index contributed by atoms with van der Waals surface area (Å²) in [5, 5.41) is 0. The summed E-state index contributed by atoms with van der Waals surface area (Å²) in [6.45, 7) is 7.82. The molecule has 2 heteroatoms. The molecule has 0 aliphatic carbocycles. The maximum absolute atomic E-state index is 13.5. The maximum Gasteiger partial charge on any atom is 0.128 e. The molecule has 0 radical (unpaired) electrons. The van der Waals surface area contributed by atoms with Gasteiger partial charge in [0.1, 0.15) is 5.82 Å². The van der Waals surface area contributed by atoms with Gasteiger partial charge >= 0.3 is 0 Å². The van der Waals surface area contributed by atoms with Gasteiger partial charge < -0.3 is 5.73 Å². The van der Waals surface area contributed by atoms with Gasteiger partial charge in [0.2, 0.25) is 0 Å². The van der Waals surface area contributed by atoms with Crippen molar-refractivity contribution in [3.63, 3.8) is 0 Å². The minimum atomic E-state index is -0.601. The van der Waals surface area contributed by atoms with E-state index in [1.54, 1.807) is 6.07 Å². The molecule has 1 atom stereocenters. The number of nitrogens with two attached hydrogens (primary N) is 1. The van der Waals surface area contributed by atoms with Crippen LogP contribution < -0.4 is 5.73 Å². The summed E-state index contributed by atoms with van der Waals surface area (Å²) in [4.78, 5) is 0. The topological polar surface area (TPSA) is 26.0 Å². The van der Waals surface area contributed by atoms with Crippen molar-refractivity contribution in [2.45, 2.75) is 33.2 Å². The van der Waals surface area contributed by atoms with Crippen LogP contribution in [0.4, 0.5) is 4.39 Å². The van der Waals surface area contributed by atoms with E-state index in [-0.39, 0.29) is 11.7 Å². The summed E-state index contributed by atoms with van der Waals surface area (Å²) < 4.78 is 13.5. The summed E-state index contributed by atoms with van der Waals surface area (Å²) in [5.74, 6) is -0.00639. The Balaban J connectivity index is 3.24. The Morgan fingerprint density at radius 2 is 1.93 bits per heavy atom. The maximum atomic E-state index is 13.5. The second-order valence-electron chi connectivity index (χ2n) is 4.42. The van der Waals surface area contributed by atoms with Gasteiger partial charge in [-0.3, -0.25) is 0 Å². The molecular formula is C12H18FN. The fourth-order valence-corrected chi connectivity index (χ4v) is 1.36. The van der Waals surface area contributed by atoms with Gasteiger partial charge in [0.05, 0.1) is 0 Å². The summed E-state index contributed by atoms with van der Waals surface area (Å²) in [7, 11) is 0. The zero-order valence-corrected chi connectivity index (χ0v) is 9.26. The molecule has 0 saturated heterocycles. The van der Waals surface area contributed by atoms with E-state index < -0.39 is 5.54 Å². The van der Waals surface area contributed by atoms with Gasteiger partial charge in [0, 0.05) is 11.1 Å². The molecule has 1 rings (SSSR count). The van der Waals surface area contributed by atoms with E-state index in [1.807, 2.05) is 33.8 Å². The molecule has 0 aromatic heterocycles. The molecule has 0 fully saturated rings. The molecular weight excluding hydrogens is 177 g/mol. The van der Waals surface area contributed by atoms with E-state index in [0.29, 0.717) is 5.56 Å². The average Bonchev–Trinajstić information content (AvgIpc) is 2.08. The SMILES string of the molecule is Cc1ccc(F)c(C(C)(N)C(C)C)c1. The van der Waals surface area contributed by atoms with Gasteiger partial charge in [-0.05, 0) is 25.8 Å². The predicted molar refractivity (Wildman–Crippen MR) is 57.5 cm³/mol. The lowest BCUT2D eigenvalue weighted by molar-refractivity contribution is 0.337. The highest BCUT2D eigenvalue weighted by Crippen LogP contribution is 2.28. The molecule has 0 saturated carbocycles. The second kappa shape index (κ2) is 3.70. The lowest BCUT2D eigenvalue weighted by atomic mass is 9.82. The van der Waals surface area contributed by atoms with Gasteiger partial charge in [-0.15, -0.1) is 0 Å². The molecule has 0 heterocycles. The van der Waals surface area contributed by atoms with Crippen LogP contribution in [0.25, 0.3) is 0 Å². The van der Waals surface area contributed by atoms with Crippen molar-refractivity contribution in [3.8, 4) is 0 Å². The minimum absolute atomic E-state index is 0.207. The molecule has 14 heavy (non-hydrogen) atoms. The van der Waals surface area contributed by atoms with Crippen LogP contribution in [-0.4, -0.2) is 0 Å². The zero-order chi connectivity index (χ0) is 10.9. The second-order valence-corrected chi connectivity index (χ2v) is 4.42. The fourth-order valence-electron chi connectivity index (χ4n) is 1.36. The molecule has 0 spiro atoms. The average molecular weight is 195 g/mol. The highest BCUT2D eigenvalue weighted by atomic mass is 19.1. The third-order valence-corrected chi connectivity index (χ3v) is 2.90. The standard InChI is InChI=1S/C12H18FN/c1-8(2)12(4,14)10-7-9(3)5-6-11(10)13/h5-8H,14H2,1-4H3. The molecule has 1 aromatic carbocycles. The fraction of sp³-hybridized carbons (Fsp3) is 0.500. The molecule has 0 bridgehead atoms. The van der Waals surface area contributed by atoms with Gasteiger partial charge in [0.15, 0.2) is 0 Å². The lowest BCUT2D eigenvalue weighted by Crippen LogP contribution is -2.39. The van der Waals surface area contributed by atoms with Crippen molar-refractivity contribution in [2.24, 2.45) is 11.7 Å². The van der Waals surface area contributed by atoms with E-state index >= 15 is 0 Å². The van der Waals surface area contributed by atoms with Crippen molar-refractivity contribution in [1.82, 2.24) is 0 Å². The summed E-state index contributed by atoms with van der Waals surface area (Å²) in [6.07, 6.45) is 0. The van der Waals surface area contributed by atoms with Crippen molar-refractivity contribution >= 4 is 0 Å². The highest BCUT2D eigenvalue weighted by Gasteiger charge is 2.28. The van der Waals surface area contributed by atoms with Crippen LogP contribution in [0.5, 0.6) is 0 Å². The highest BCUT2D eigenvalue weighted by molar-refractivity contribution is 5.30. The van der Waals surface area contributed by atoms with Crippen LogP contribution in [0.15, 0.2) is 18.2 Å². The first-order chi connectivity index (χ1) is 6.35. The smallest absolute Gasteiger partial charge is 0.128 e. The molecule has 1 unspecified atom stereocenters. The summed E-state index contributed by atoms with van der Waals surface area (Å²) >= 11 is 0. The predicted octanol–water partition coefficient (Wildman–Crippen LogP) is 2.96.